The fourth-order valence-electron chi connectivity index (χ4n) is 3.28. The fourth-order valence-corrected chi connectivity index (χ4v) is 3.28. The van der Waals surface area contributed by atoms with Crippen LogP contribution < -0.4 is 10.1 Å². The summed E-state index contributed by atoms with van der Waals surface area (Å²) in [4.78, 5) is 21.7. The number of rotatable bonds is 7. The first-order valence-corrected chi connectivity index (χ1v) is 10.0. The van der Waals surface area contributed by atoms with Gasteiger partial charge in [-0.1, -0.05) is 12.1 Å². The molecule has 0 saturated carbocycles. The summed E-state index contributed by atoms with van der Waals surface area (Å²) >= 11 is 0. The first-order valence-electron chi connectivity index (χ1n) is 10.0. The molecule has 8 nitrogen and oxygen atoms in total. The van der Waals surface area contributed by atoms with E-state index in [1.54, 1.807) is 23.7 Å². The van der Waals surface area contributed by atoms with Crippen LogP contribution in [0.2, 0.25) is 0 Å². The van der Waals surface area contributed by atoms with Gasteiger partial charge in [-0.3, -0.25) is 4.79 Å². The molecule has 0 fully saturated rings. The average Bonchev–Trinajstić information content (AvgIpc) is 3.09. The van der Waals surface area contributed by atoms with Crippen LogP contribution >= 0.6 is 0 Å². The minimum absolute atomic E-state index is 0.0644. The number of nitrogens with one attached hydrogen (secondary N) is 1. The summed E-state index contributed by atoms with van der Waals surface area (Å²) in [6, 6.07) is 14.9. The highest BCUT2D eigenvalue weighted by Gasteiger charge is 2.19. The van der Waals surface area contributed by atoms with Crippen LogP contribution in [-0.2, 0) is 0 Å². The highest BCUT2D eigenvalue weighted by Crippen LogP contribution is 2.29. The summed E-state index contributed by atoms with van der Waals surface area (Å²) < 4.78 is 7.35. The maximum atomic E-state index is 13.0. The molecule has 0 atom stereocenters. The lowest BCUT2D eigenvalue weighted by atomic mass is 10.1. The number of fused-ring (bicyclic) bond motifs is 1. The first kappa shape index (κ1) is 20.5. The molecule has 0 aliphatic rings. The number of carbonyl (C=O) groups excluding carboxylic acids is 1. The molecule has 8 heteroatoms. The van der Waals surface area contributed by atoms with E-state index in [1.165, 1.54) is 0 Å². The van der Waals surface area contributed by atoms with Crippen LogP contribution in [0.3, 0.4) is 0 Å². The Morgan fingerprint density at radius 1 is 1.16 bits per heavy atom. The summed E-state index contributed by atoms with van der Waals surface area (Å²) in [5.41, 5.74) is 3.93. The zero-order chi connectivity index (χ0) is 21.8. The lowest BCUT2D eigenvalue weighted by Crippen LogP contribution is -2.17. The van der Waals surface area contributed by atoms with Crippen LogP contribution in [0.4, 0.5) is 5.82 Å². The molecule has 0 spiro atoms. The van der Waals surface area contributed by atoms with Crippen molar-refractivity contribution in [1.82, 2.24) is 19.6 Å². The average molecular weight is 417 g/mol. The molecule has 0 aliphatic carbocycles. The Balaban J connectivity index is 1.71. The molecule has 3 aromatic heterocycles. The molecule has 4 rings (SSSR count). The van der Waals surface area contributed by atoms with E-state index in [9.17, 15) is 4.79 Å². The van der Waals surface area contributed by atoms with Gasteiger partial charge in [-0.25, -0.2) is 14.5 Å². The van der Waals surface area contributed by atoms with E-state index in [4.69, 9.17) is 9.84 Å². The third-order valence-corrected chi connectivity index (χ3v) is 4.75. The standard InChI is InChI=1S/C23H23N5O3/c1-15-10-11-24-20(14-15)26-23(30)22-16(2)25-21-9-8-18(27-28(21)22)17-6-3-4-7-19(17)31-13-5-12-29/h3-4,6-11,14,29H,5,12-13H2,1-2H3,(H,24,26,30). The number of nitrogens with zero attached hydrogens (tertiary/aromatic N) is 4. The minimum atomic E-state index is -0.333. The Labute approximate surface area is 179 Å². The van der Waals surface area contributed by atoms with Crippen molar-refractivity contribution in [2.24, 2.45) is 0 Å². The Morgan fingerprint density at radius 2 is 2.00 bits per heavy atom. The number of aromatic nitrogens is 4. The molecule has 0 aliphatic heterocycles. The van der Waals surface area contributed by atoms with Gasteiger partial charge in [0.05, 0.1) is 18.0 Å². The van der Waals surface area contributed by atoms with Crippen molar-refractivity contribution in [1.29, 1.82) is 0 Å². The number of amides is 1. The molecular weight excluding hydrogens is 394 g/mol. The predicted octanol–water partition coefficient (Wildman–Crippen LogP) is 3.42. The third kappa shape index (κ3) is 4.39. The van der Waals surface area contributed by atoms with Crippen molar-refractivity contribution < 1.29 is 14.6 Å². The summed E-state index contributed by atoms with van der Waals surface area (Å²) in [7, 11) is 0. The van der Waals surface area contributed by atoms with Gasteiger partial charge >= 0.3 is 0 Å². The second-order valence-electron chi connectivity index (χ2n) is 7.13. The van der Waals surface area contributed by atoms with Gasteiger partial charge in [0.15, 0.2) is 11.3 Å². The lowest BCUT2D eigenvalue weighted by molar-refractivity contribution is 0.101. The number of aryl methyl sites for hydroxylation is 2. The van der Waals surface area contributed by atoms with Crippen molar-refractivity contribution in [2.45, 2.75) is 20.3 Å². The van der Waals surface area contributed by atoms with Crippen LogP contribution in [0.25, 0.3) is 16.9 Å². The normalized spacial score (nSPS) is 10.9. The maximum absolute atomic E-state index is 13.0. The van der Waals surface area contributed by atoms with E-state index in [0.29, 0.717) is 47.3 Å². The number of hydrogen-bond donors (Lipinski definition) is 2. The zero-order valence-corrected chi connectivity index (χ0v) is 17.4. The third-order valence-electron chi connectivity index (χ3n) is 4.75. The molecule has 4 aromatic rings. The smallest absolute Gasteiger partial charge is 0.277 e. The van der Waals surface area contributed by atoms with Crippen molar-refractivity contribution in [3.05, 3.63) is 71.7 Å². The Kier molecular flexibility index (Phi) is 5.90. The van der Waals surface area contributed by atoms with Crippen LogP contribution in [0, 0.1) is 13.8 Å². The Morgan fingerprint density at radius 3 is 2.81 bits per heavy atom. The van der Waals surface area contributed by atoms with Crippen molar-refractivity contribution in [3.63, 3.8) is 0 Å². The number of pyridine rings is 1. The van der Waals surface area contributed by atoms with E-state index >= 15 is 0 Å². The molecule has 0 saturated heterocycles. The SMILES string of the molecule is Cc1ccnc(NC(=O)c2c(C)nc3ccc(-c4ccccc4OCCCO)nn23)c1. The van der Waals surface area contributed by atoms with Crippen LogP contribution in [0.15, 0.2) is 54.7 Å². The van der Waals surface area contributed by atoms with Gasteiger partial charge in [0.1, 0.15) is 11.6 Å². The van der Waals surface area contributed by atoms with Crippen molar-refractivity contribution >= 4 is 17.4 Å². The summed E-state index contributed by atoms with van der Waals surface area (Å²) in [6.45, 7) is 4.18. The number of imidazole rings is 1. The number of anilines is 1. The Bertz CT molecular complexity index is 1240. The quantitative estimate of drug-likeness (QED) is 0.447. The molecule has 31 heavy (non-hydrogen) atoms. The number of ether oxygens (including phenoxy) is 1. The molecule has 158 valence electrons. The van der Waals surface area contributed by atoms with Crippen LogP contribution in [0.1, 0.15) is 28.2 Å². The van der Waals surface area contributed by atoms with E-state index in [0.717, 1.165) is 11.1 Å². The fraction of sp³-hybridized carbons (Fsp3) is 0.217. The predicted molar refractivity (Wildman–Crippen MR) is 117 cm³/mol. The van der Waals surface area contributed by atoms with Gasteiger partial charge in [-0.05, 0) is 55.8 Å². The monoisotopic (exact) mass is 417 g/mol. The highest BCUT2D eigenvalue weighted by atomic mass is 16.5. The molecular formula is C23H23N5O3. The Hall–Kier alpha value is -3.78. The number of aliphatic hydroxyl groups excluding tert-OH is 1. The van der Waals surface area contributed by atoms with Crippen molar-refractivity contribution in [2.75, 3.05) is 18.5 Å². The topological polar surface area (TPSA) is 102 Å². The largest absolute Gasteiger partial charge is 0.493 e. The number of para-hydroxylation sites is 1. The van der Waals surface area contributed by atoms with Crippen LogP contribution in [0.5, 0.6) is 5.75 Å². The molecule has 3 heterocycles. The number of aliphatic hydroxyl groups is 1. The molecule has 0 bridgehead atoms. The van der Waals surface area contributed by atoms with Gasteiger partial charge in [-0.15, -0.1) is 0 Å². The molecule has 2 N–H and O–H groups in total. The first-order chi connectivity index (χ1) is 15.1. The van der Waals surface area contributed by atoms with Gasteiger partial charge in [0.2, 0.25) is 0 Å². The second-order valence-corrected chi connectivity index (χ2v) is 7.13. The minimum Gasteiger partial charge on any atom is -0.493 e. The maximum Gasteiger partial charge on any atom is 0.277 e. The van der Waals surface area contributed by atoms with Gasteiger partial charge < -0.3 is 15.2 Å². The van der Waals surface area contributed by atoms with Crippen molar-refractivity contribution in [3.8, 4) is 17.0 Å². The number of benzene rings is 1. The molecule has 1 amide bonds. The highest BCUT2D eigenvalue weighted by molar-refractivity contribution is 6.03. The van der Waals surface area contributed by atoms with Gasteiger partial charge in [0.25, 0.3) is 5.91 Å². The van der Waals surface area contributed by atoms with E-state index < -0.39 is 0 Å². The number of carbonyl (C=O) groups is 1. The second kappa shape index (κ2) is 8.93. The van der Waals surface area contributed by atoms with Crippen LogP contribution in [-0.4, -0.2) is 43.8 Å². The molecule has 0 unspecified atom stereocenters. The lowest BCUT2D eigenvalue weighted by Gasteiger charge is -2.11. The van der Waals surface area contributed by atoms with E-state index in [-0.39, 0.29) is 12.5 Å². The van der Waals surface area contributed by atoms with E-state index in [1.807, 2.05) is 49.4 Å². The molecule has 1 aromatic carbocycles. The summed E-state index contributed by atoms with van der Waals surface area (Å²) in [5.74, 6) is 0.799. The molecule has 0 radical (unpaired) electrons. The van der Waals surface area contributed by atoms with E-state index in [2.05, 4.69) is 20.4 Å². The summed E-state index contributed by atoms with van der Waals surface area (Å²) in [6.07, 6.45) is 2.19. The summed E-state index contributed by atoms with van der Waals surface area (Å²) in [5, 5.41) is 16.5. The number of hydrogen-bond acceptors (Lipinski definition) is 6. The van der Waals surface area contributed by atoms with Gasteiger partial charge in [-0.2, -0.15) is 5.10 Å². The van der Waals surface area contributed by atoms with Gasteiger partial charge in [0, 0.05) is 24.8 Å². The zero-order valence-electron chi connectivity index (χ0n) is 17.4.